The highest BCUT2D eigenvalue weighted by molar-refractivity contribution is 6.62. The third-order valence-electron chi connectivity index (χ3n) is 16.5. The maximum atomic E-state index is 6.76. The normalized spacial score (nSPS) is 13.5. The summed E-state index contributed by atoms with van der Waals surface area (Å²) >= 11 is 6.76. The summed E-state index contributed by atoms with van der Waals surface area (Å²) in [6.07, 6.45) is 0. The molecule has 3 heterocycles. The molecule has 0 amide bonds. The van der Waals surface area contributed by atoms with Gasteiger partial charge in [0.1, 0.15) is 0 Å². The summed E-state index contributed by atoms with van der Waals surface area (Å²) in [5, 5.41) is 10.2. The van der Waals surface area contributed by atoms with Gasteiger partial charge in [-0.05, 0) is 135 Å². The number of hydrogen-bond donors (Lipinski definition) is 0. The third-order valence-corrected chi connectivity index (χ3v) is 16.7. The molecule has 0 saturated carbocycles. The van der Waals surface area contributed by atoms with Crippen LogP contribution in [0.25, 0.3) is 134 Å². The van der Waals surface area contributed by atoms with Gasteiger partial charge in [0.15, 0.2) is 34.9 Å². The van der Waals surface area contributed by atoms with Crippen LogP contribution in [0.4, 0.5) is 0 Å². The SMILES string of the molecule is CC1(C)OB(c2cc(-c3nc(-c4ccccc4)nc(-c4ccccc4)n3)cc(-c3cc4ccccc4c4ccccc34)c2)OC1(C)C.Clc1cc(-c2nc(-c3ccccc3)nc(-c3ccccc3)n2)cc(-c2cc3ccccc3c3ccccc23)c1. The molecular formula is C76H56BClN6O2. The lowest BCUT2D eigenvalue weighted by atomic mass is 9.76. The Balaban J connectivity index is 0.000000155. The fourth-order valence-corrected chi connectivity index (χ4v) is 11.6. The summed E-state index contributed by atoms with van der Waals surface area (Å²) in [7, 11) is -0.561. The van der Waals surface area contributed by atoms with Crippen LogP contribution in [0.2, 0.25) is 5.02 Å². The Labute approximate surface area is 505 Å². The molecule has 0 spiro atoms. The summed E-state index contributed by atoms with van der Waals surface area (Å²) in [5.41, 5.74) is 9.65. The monoisotopic (exact) mass is 1130 g/mol. The molecule has 1 aliphatic rings. The van der Waals surface area contributed by atoms with E-state index in [1.165, 1.54) is 43.1 Å². The van der Waals surface area contributed by atoms with E-state index in [9.17, 15) is 0 Å². The molecule has 2 aromatic heterocycles. The largest absolute Gasteiger partial charge is 0.494 e. The molecule has 0 aliphatic carbocycles. The Kier molecular flexibility index (Phi) is 14.1. The highest BCUT2D eigenvalue weighted by Gasteiger charge is 2.52. The Morgan fingerprint density at radius 2 is 0.558 bits per heavy atom. The lowest BCUT2D eigenvalue weighted by molar-refractivity contribution is 0.00578. The molecule has 15 rings (SSSR count). The van der Waals surface area contributed by atoms with Crippen molar-refractivity contribution in [3.05, 3.63) is 272 Å². The van der Waals surface area contributed by atoms with E-state index in [-0.39, 0.29) is 0 Å². The molecule has 12 aromatic carbocycles. The first-order chi connectivity index (χ1) is 42.0. The quantitative estimate of drug-likeness (QED) is 0.104. The van der Waals surface area contributed by atoms with Crippen molar-refractivity contribution < 1.29 is 9.31 Å². The number of benzene rings is 12. The van der Waals surface area contributed by atoms with Crippen molar-refractivity contribution in [3.63, 3.8) is 0 Å². The van der Waals surface area contributed by atoms with Gasteiger partial charge in [-0.15, -0.1) is 0 Å². The summed E-state index contributed by atoms with van der Waals surface area (Å²) in [5.74, 6) is 3.65. The van der Waals surface area contributed by atoms with Crippen LogP contribution >= 0.6 is 11.6 Å². The summed E-state index contributed by atoms with van der Waals surface area (Å²) < 4.78 is 13.2. The summed E-state index contributed by atoms with van der Waals surface area (Å²) in [4.78, 5) is 29.7. The molecule has 8 nitrogen and oxygen atoms in total. The van der Waals surface area contributed by atoms with Crippen LogP contribution in [-0.2, 0) is 9.31 Å². The van der Waals surface area contributed by atoms with E-state index in [0.717, 1.165) is 61.1 Å². The molecular weight excluding hydrogens is 1080 g/mol. The first kappa shape index (κ1) is 53.9. The zero-order valence-corrected chi connectivity index (χ0v) is 48.6. The molecule has 0 N–H and O–H groups in total. The molecule has 1 aliphatic heterocycles. The van der Waals surface area contributed by atoms with E-state index in [2.05, 4.69) is 161 Å². The van der Waals surface area contributed by atoms with Crippen molar-refractivity contribution in [2.75, 3.05) is 0 Å². The Morgan fingerprint density at radius 1 is 0.279 bits per heavy atom. The van der Waals surface area contributed by atoms with Crippen molar-refractivity contribution in [3.8, 4) is 90.6 Å². The van der Waals surface area contributed by atoms with E-state index >= 15 is 0 Å². The summed E-state index contributed by atoms with van der Waals surface area (Å²) in [6, 6.07) is 91.3. The number of fused-ring (bicyclic) bond motifs is 6. The molecule has 1 saturated heterocycles. The number of nitrogens with zero attached hydrogens (tertiary/aromatic N) is 6. The minimum atomic E-state index is -0.561. The van der Waals surface area contributed by atoms with E-state index < -0.39 is 18.3 Å². The maximum absolute atomic E-state index is 6.76. The lowest BCUT2D eigenvalue weighted by Gasteiger charge is -2.32. The van der Waals surface area contributed by atoms with Crippen molar-refractivity contribution in [1.82, 2.24) is 29.9 Å². The van der Waals surface area contributed by atoms with Gasteiger partial charge in [0.05, 0.1) is 11.2 Å². The second-order valence-corrected chi connectivity index (χ2v) is 23.1. The molecule has 1 fully saturated rings. The maximum Gasteiger partial charge on any atom is 0.494 e. The zero-order chi connectivity index (χ0) is 58.4. The van der Waals surface area contributed by atoms with Crippen LogP contribution in [0, 0.1) is 0 Å². The van der Waals surface area contributed by atoms with Crippen LogP contribution < -0.4 is 5.46 Å². The molecule has 86 heavy (non-hydrogen) atoms. The Morgan fingerprint density at radius 3 is 0.942 bits per heavy atom. The van der Waals surface area contributed by atoms with E-state index in [1.54, 1.807) is 0 Å². The van der Waals surface area contributed by atoms with Gasteiger partial charge in [-0.3, -0.25) is 0 Å². The third kappa shape index (κ3) is 10.6. The van der Waals surface area contributed by atoms with Gasteiger partial charge in [0.2, 0.25) is 0 Å². The lowest BCUT2D eigenvalue weighted by Crippen LogP contribution is -2.41. The van der Waals surface area contributed by atoms with Gasteiger partial charge in [-0.25, -0.2) is 29.9 Å². The van der Waals surface area contributed by atoms with Crippen LogP contribution in [0.15, 0.2) is 267 Å². The molecule has 14 aromatic rings. The van der Waals surface area contributed by atoms with Crippen LogP contribution in [0.5, 0.6) is 0 Å². The number of halogens is 1. The summed E-state index contributed by atoms with van der Waals surface area (Å²) in [6.45, 7) is 8.33. The van der Waals surface area contributed by atoms with Gasteiger partial charge in [-0.2, -0.15) is 0 Å². The number of hydrogen-bond acceptors (Lipinski definition) is 8. The van der Waals surface area contributed by atoms with E-state index in [0.29, 0.717) is 40.0 Å². The smallest absolute Gasteiger partial charge is 0.399 e. The molecule has 10 heteroatoms. The average molecular weight is 1130 g/mol. The minimum absolute atomic E-state index is 0.488. The van der Waals surface area contributed by atoms with Gasteiger partial charge in [0.25, 0.3) is 0 Å². The Bertz CT molecular complexity index is 4720. The number of aromatic nitrogens is 6. The van der Waals surface area contributed by atoms with Gasteiger partial charge >= 0.3 is 7.12 Å². The fraction of sp³-hybridized carbons (Fsp3) is 0.0789. The van der Waals surface area contributed by atoms with Crippen LogP contribution in [0.3, 0.4) is 0 Å². The topological polar surface area (TPSA) is 95.8 Å². The Hall–Kier alpha value is -10.0. The van der Waals surface area contributed by atoms with E-state index in [4.69, 9.17) is 50.8 Å². The first-order valence-corrected chi connectivity index (χ1v) is 29.2. The van der Waals surface area contributed by atoms with Crippen molar-refractivity contribution in [2.45, 2.75) is 38.9 Å². The van der Waals surface area contributed by atoms with Crippen LogP contribution in [-0.4, -0.2) is 48.2 Å². The fourth-order valence-electron chi connectivity index (χ4n) is 11.4. The average Bonchev–Trinajstić information content (AvgIpc) is 1.48. The molecule has 0 atom stereocenters. The van der Waals surface area contributed by atoms with Crippen molar-refractivity contribution in [1.29, 1.82) is 0 Å². The second-order valence-electron chi connectivity index (χ2n) is 22.6. The van der Waals surface area contributed by atoms with Crippen molar-refractivity contribution in [2.24, 2.45) is 0 Å². The zero-order valence-electron chi connectivity index (χ0n) is 47.9. The highest BCUT2D eigenvalue weighted by atomic mass is 35.5. The molecule has 412 valence electrons. The predicted octanol–water partition coefficient (Wildman–Crippen LogP) is 18.6. The van der Waals surface area contributed by atoms with Crippen molar-refractivity contribution >= 4 is 67.3 Å². The van der Waals surface area contributed by atoms with Gasteiger partial charge in [-0.1, -0.05) is 242 Å². The second kappa shape index (κ2) is 22.5. The molecule has 0 unspecified atom stereocenters. The predicted molar refractivity (Wildman–Crippen MR) is 354 cm³/mol. The highest BCUT2D eigenvalue weighted by Crippen LogP contribution is 2.41. The number of rotatable bonds is 9. The van der Waals surface area contributed by atoms with E-state index in [1.807, 2.05) is 133 Å². The van der Waals surface area contributed by atoms with Gasteiger partial charge < -0.3 is 9.31 Å². The molecule has 0 bridgehead atoms. The standard InChI is InChI=1S/C41H34BN3O2.C35H22ClN3/c1-40(2)41(3,4)47-42(46-40)32-24-30(36-26-29-19-11-12-20-33(29)34-21-13-14-22-35(34)36)23-31(25-32)39-44-37(27-15-7-5-8-16-27)43-38(45-39)28-17-9-6-10-18-28;36-28-20-26(32-22-25-15-7-8-16-29(25)30-17-9-10-18-31(30)32)19-27(21-28)35-38-33(23-11-3-1-4-12-23)37-34(39-35)24-13-5-2-6-14-24/h5-26H,1-4H3;1-22H. The van der Waals surface area contributed by atoms with Gasteiger partial charge in [0, 0.05) is 38.4 Å². The molecule has 0 radical (unpaired) electrons. The first-order valence-electron chi connectivity index (χ1n) is 28.9. The van der Waals surface area contributed by atoms with Crippen LogP contribution in [0.1, 0.15) is 27.7 Å². The minimum Gasteiger partial charge on any atom is -0.399 e.